The Morgan fingerprint density at radius 2 is 1.02 bits per heavy atom. The largest absolute Gasteiger partial charge is 0.370 e. The number of amides is 4. The van der Waals surface area contributed by atoms with E-state index in [1.807, 2.05) is 6.92 Å². The van der Waals surface area contributed by atoms with Gasteiger partial charge in [0.2, 0.25) is 23.6 Å². The van der Waals surface area contributed by atoms with Crippen LogP contribution < -0.4 is 21.7 Å². The molecule has 0 aromatic rings. The third kappa shape index (κ3) is 20.5. The summed E-state index contributed by atoms with van der Waals surface area (Å²) in [4.78, 5) is 61.2. The molecule has 0 spiro atoms. The lowest BCUT2D eigenvalue weighted by Crippen LogP contribution is -2.55. The Morgan fingerprint density at radius 1 is 0.575 bits per heavy atom. The molecule has 0 fully saturated rings. The lowest BCUT2D eigenvalue weighted by Gasteiger charge is -2.24. The predicted molar refractivity (Wildman–Crippen MR) is 160 cm³/mol. The van der Waals surface area contributed by atoms with E-state index in [2.05, 4.69) is 22.9 Å². The van der Waals surface area contributed by atoms with E-state index in [0.29, 0.717) is 12.8 Å². The molecule has 0 rings (SSSR count). The van der Waals surface area contributed by atoms with Gasteiger partial charge in [0.25, 0.3) is 0 Å². The van der Waals surface area contributed by atoms with Crippen molar-refractivity contribution >= 4 is 29.4 Å². The molecule has 0 aliphatic heterocycles. The van der Waals surface area contributed by atoms with Crippen molar-refractivity contribution in [3.63, 3.8) is 0 Å². The van der Waals surface area contributed by atoms with Crippen LogP contribution in [0.25, 0.3) is 0 Å². The molecular weight excluding hydrogens is 508 g/mol. The van der Waals surface area contributed by atoms with E-state index < -0.39 is 35.8 Å². The summed E-state index contributed by atoms with van der Waals surface area (Å²) in [6, 6.07) is -2.54. The number of primary amides is 1. The van der Waals surface area contributed by atoms with E-state index in [0.717, 1.165) is 32.1 Å². The minimum absolute atomic E-state index is 0.00490. The number of hydrogen-bond donors (Lipinski definition) is 4. The molecule has 9 heteroatoms. The van der Waals surface area contributed by atoms with Crippen LogP contribution in [-0.4, -0.2) is 47.5 Å². The number of Topliss-reactive ketones (excluding diaryl/α,β-unsaturated/α-hetero) is 1. The van der Waals surface area contributed by atoms with Crippen molar-refractivity contribution in [2.75, 3.05) is 0 Å². The van der Waals surface area contributed by atoms with Crippen LogP contribution in [0.4, 0.5) is 0 Å². The highest BCUT2D eigenvalue weighted by Gasteiger charge is 2.28. The van der Waals surface area contributed by atoms with Gasteiger partial charge < -0.3 is 21.7 Å². The highest BCUT2D eigenvalue weighted by atomic mass is 16.2. The maximum atomic E-state index is 13.1. The number of nitrogens with two attached hydrogens (primary N) is 1. The molecule has 0 aromatic carbocycles. The Labute approximate surface area is 242 Å². The minimum Gasteiger partial charge on any atom is -0.370 e. The zero-order valence-electron chi connectivity index (χ0n) is 25.8. The summed E-state index contributed by atoms with van der Waals surface area (Å²) in [5.74, 6) is -2.05. The zero-order chi connectivity index (χ0) is 30.2. The zero-order valence-corrected chi connectivity index (χ0v) is 25.8. The molecule has 0 heterocycles. The maximum Gasteiger partial charge on any atom is 0.243 e. The highest BCUT2D eigenvalue weighted by molar-refractivity contribution is 5.94. The van der Waals surface area contributed by atoms with Gasteiger partial charge in [0.15, 0.2) is 5.78 Å². The Kier molecular flexibility index (Phi) is 22.9. The van der Waals surface area contributed by atoms with Gasteiger partial charge in [-0.25, -0.2) is 0 Å². The second kappa shape index (κ2) is 24.4. The number of rotatable bonds is 26. The SMILES string of the molecule is CCCCCCCCCCCCCCCC(=O)NC(CCCC)C(=O)NC(CCC(N)=O)C(=O)NC(C)C(C)=O. The van der Waals surface area contributed by atoms with Crippen molar-refractivity contribution in [3.05, 3.63) is 0 Å². The molecule has 9 nitrogen and oxygen atoms in total. The van der Waals surface area contributed by atoms with Crippen molar-refractivity contribution in [1.82, 2.24) is 16.0 Å². The first-order valence-corrected chi connectivity index (χ1v) is 15.8. The first-order valence-electron chi connectivity index (χ1n) is 15.8. The van der Waals surface area contributed by atoms with Crippen molar-refractivity contribution < 1.29 is 24.0 Å². The second-order valence-electron chi connectivity index (χ2n) is 11.2. The van der Waals surface area contributed by atoms with Gasteiger partial charge in [-0.3, -0.25) is 24.0 Å². The predicted octanol–water partition coefficient (Wildman–Crippen LogP) is 4.99. The normalized spacial score (nSPS) is 13.2. The molecule has 0 aromatic heterocycles. The number of nitrogens with one attached hydrogen (secondary N) is 3. The summed E-state index contributed by atoms with van der Waals surface area (Å²) in [5.41, 5.74) is 5.24. The Hall–Kier alpha value is -2.45. The highest BCUT2D eigenvalue weighted by Crippen LogP contribution is 2.13. The van der Waals surface area contributed by atoms with E-state index in [-0.39, 0.29) is 24.5 Å². The molecular formula is C31H58N4O5. The molecule has 0 aliphatic rings. The molecule has 232 valence electrons. The quantitative estimate of drug-likeness (QED) is 0.109. The van der Waals surface area contributed by atoms with Gasteiger partial charge >= 0.3 is 0 Å². The first-order chi connectivity index (χ1) is 19.1. The van der Waals surface area contributed by atoms with Crippen molar-refractivity contribution in [1.29, 1.82) is 0 Å². The topological polar surface area (TPSA) is 147 Å². The number of ketones is 1. The molecule has 3 unspecified atom stereocenters. The summed E-state index contributed by atoms with van der Waals surface area (Å²) < 4.78 is 0. The van der Waals surface area contributed by atoms with Crippen LogP contribution >= 0.6 is 0 Å². The average Bonchev–Trinajstić information content (AvgIpc) is 2.90. The summed E-state index contributed by atoms with van der Waals surface area (Å²) >= 11 is 0. The van der Waals surface area contributed by atoms with Crippen molar-refractivity contribution in [3.8, 4) is 0 Å². The second-order valence-corrected chi connectivity index (χ2v) is 11.2. The Balaban J connectivity index is 4.55. The van der Waals surface area contributed by atoms with Gasteiger partial charge in [-0.15, -0.1) is 0 Å². The molecule has 3 atom stereocenters. The van der Waals surface area contributed by atoms with Crippen LogP contribution in [0.1, 0.15) is 150 Å². The van der Waals surface area contributed by atoms with Crippen LogP contribution in [0.15, 0.2) is 0 Å². The fourth-order valence-electron chi connectivity index (χ4n) is 4.49. The molecule has 5 N–H and O–H groups in total. The number of unbranched alkanes of at least 4 members (excludes halogenated alkanes) is 13. The fraction of sp³-hybridized carbons (Fsp3) is 0.839. The van der Waals surface area contributed by atoms with Crippen LogP contribution in [-0.2, 0) is 24.0 Å². The molecule has 0 radical (unpaired) electrons. The van der Waals surface area contributed by atoms with E-state index in [4.69, 9.17) is 5.73 Å². The number of carbonyl (C=O) groups is 5. The van der Waals surface area contributed by atoms with Crippen molar-refractivity contribution in [2.45, 2.75) is 168 Å². The van der Waals surface area contributed by atoms with E-state index >= 15 is 0 Å². The molecule has 0 saturated carbocycles. The lowest BCUT2D eigenvalue weighted by atomic mass is 10.0. The fourth-order valence-corrected chi connectivity index (χ4v) is 4.49. The number of hydrogen-bond acceptors (Lipinski definition) is 5. The van der Waals surface area contributed by atoms with Gasteiger partial charge in [0.1, 0.15) is 12.1 Å². The first kappa shape index (κ1) is 37.6. The number of carbonyl (C=O) groups excluding carboxylic acids is 5. The summed E-state index contributed by atoms with van der Waals surface area (Å²) in [6.07, 6.45) is 18.3. The van der Waals surface area contributed by atoms with Crippen LogP contribution in [0.2, 0.25) is 0 Å². The Bertz CT molecular complexity index is 743. The molecule has 40 heavy (non-hydrogen) atoms. The maximum absolute atomic E-state index is 13.1. The summed E-state index contributed by atoms with van der Waals surface area (Å²) in [7, 11) is 0. The smallest absolute Gasteiger partial charge is 0.243 e. The van der Waals surface area contributed by atoms with Crippen molar-refractivity contribution in [2.24, 2.45) is 5.73 Å². The van der Waals surface area contributed by atoms with E-state index in [1.54, 1.807) is 6.92 Å². The van der Waals surface area contributed by atoms with Crippen LogP contribution in [0, 0.1) is 0 Å². The van der Waals surface area contributed by atoms with Gasteiger partial charge in [-0.2, -0.15) is 0 Å². The monoisotopic (exact) mass is 566 g/mol. The third-order valence-corrected chi connectivity index (χ3v) is 7.29. The molecule has 0 saturated heterocycles. The van der Waals surface area contributed by atoms with E-state index in [1.165, 1.54) is 71.1 Å². The lowest BCUT2D eigenvalue weighted by molar-refractivity contribution is -0.133. The molecule has 0 aliphatic carbocycles. The van der Waals surface area contributed by atoms with E-state index in [9.17, 15) is 24.0 Å². The van der Waals surface area contributed by atoms with Gasteiger partial charge in [0.05, 0.1) is 6.04 Å². The molecule has 0 bridgehead atoms. The summed E-state index contributed by atoms with van der Waals surface area (Å²) in [6.45, 7) is 7.15. The average molecular weight is 567 g/mol. The Morgan fingerprint density at radius 3 is 1.50 bits per heavy atom. The van der Waals surface area contributed by atoms with Gasteiger partial charge in [0, 0.05) is 12.8 Å². The molecule has 4 amide bonds. The standard InChI is InChI=1S/C31H58N4O5/c1-5-7-9-10-11-12-13-14-15-16-17-18-19-21-29(38)34-26(20-8-6-2)31(40)35-27(22-23-28(32)37)30(39)33-24(3)25(4)36/h24,26-27H,5-23H2,1-4H3,(H2,32,37)(H,33,39)(H,34,38)(H,35,40). The van der Waals surface area contributed by atoms with Gasteiger partial charge in [-0.1, -0.05) is 104 Å². The summed E-state index contributed by atoms with van der Waals surface area (Å²) in [5, 5.41) is 8.05. The van der Waals surface area contributed by atoms with Crippen LogP contribution in [0.3, 0.4) is 0 Å². The minimum atomic E-state index is -1.04. The third-order valence-electron chi connectivity index (χ3n) is 7.29. The van der Waals surface area contributed by atoms with Crippen LogP contribution in [0.5, 0.6) is 0 Å². The van der Waals surface area contributed by atoms with Gasteiger partial charge in [-0.05, 0) is 33.1 Å².